The molecule has 1 saturated heterocycles. The summed E-state index contributed by atoms with van der Waals surface area (Å²) >= 11 is 0. The maximum absolute atomic E-state index is 14.0. The summed E-state index contributed by atoms with van der Waals surface area (Å²) in [4.78, 5) is 5.57. The van der Waals surface area contributed by atoms with E-state index in [9.17, 15) is 13.2 Å². The number of nitrogens with one attached hydrogen (secondary N) is 4. The maximum Gasteiger partial charge on any atom is 0.433 e. The van der Waals surface area contributed by atoms with Gasteiger partial charge in [0.25, 0.3) is 0 Å². The topological polar surface area (TPSA) is 114 Å². The predicted molar refractivity (Wildman–Crippen MR) is 147 cm³/mol. The predicted octanol–water partition coefficient (Wildman–Crippen LogP) is 5.87. The fourth-order valence-corrected chi connectivity index (χ4v) is 6.48. The zero-order chi connectivity index (χ0) is 28.2. The van der Waals surface area contributed by atoms with E-state index in [1.165, 1.54) is 4.90 Å². The smallest absolute Gasteiger partial charge is 0.380 e. The van der Waals surface area contributed by atoms with Crippen LogP contribution in [-0.2, 0) is 10.9 Å². The number of halogens is 3. The first-order chi connectivity index (χ1) is 19.1. The van der Waals surface area contributed by atoms with Crippen LogP contribution in [-0.4, -0.2) is 58.6 Å². The zero-order valence-corrected chi connectivity index (χ0v) is 22.6. The van der Waals surface area contributed by atoms with Crippen molar-refractivity contribution in [1.29, 1.82) is 10.8 Å². The van der Waals surface area contributed by atoms with E-state index in [4.69, 9.17) is 15.6 Å². The van der Waals surface area contributed by atoms with Gasteiger partial charge in [-0.15, -0.1) is 0 Å². The minimum atomic E-state index is -4.61. The molecule has 3 aliphatic rings. The maximum atomic E-state index is 14.0. The summed E-state index contributed by atoms with van der Waals surface area (Å²) in [7, 11) is 1.69. The first-order valence-corrected chi connectivity index (χ1v) is 13.8. The summed E-state index contributed by atoms with van der Waals surface area (Å²) < 4.78 is 47.4. The lowest BCUT2D eigenvalue weighted by molar-refractivity contribution is -0.168. The molecule has 1 spiro atoms. The Morgan fingerprint density at radius 3 is 2.60 bits per heavy atom. The molecule has 212 valence electrons. The van der Waals surface area contributed by atoms with Gasteiger partial charge < -0.3 is 15.0 Å². The molecule has 4 N–H and O–H groups in total. The fourth-order valence-electron chi connectivity index (χ4n) is 6.48. The Labute approximate surface area is 230 Å². The number of hydrogen-bond acceptors (Lipinski definition) is 6. The number of hydrogen-bond donors (Lipinski definition) is 4. The molecule has 3 aromatic rings. The largest absolute Gasteiger partial charge is 0.433 e. The lowest BCUT2D eigenvalue weighted by Gasteiger charge is -2.54. The summed E-state index contributed by atoms with van der Waals surface area (Å²) in [5.74, 6) is 0.419. The minimum absolute atomic E-state index is 0.204. The van der Waals surface area contributed by atoms with Crippen LogP contribution in [0, 0.1) is 22.2 Å². The number of pyridine rings is 1. The molecule has 11 heteroatoms. The van der Waals surface area contributed by atoms with Gasteiger partial charge in [0.2, 0.25) is 0 Å². The summed E-state index contributed by atoms with van der Waals surface area (Å²) in [5, 5.41) is 27.7. The van der Waals surface area contributed by atoms with Crippen LogP contribution in [0.1, 0.15) is 67.9 Å². The first kappa shape index (κ1) is 26.9. The number of rotatable bonds is 8. The Bertz CT molecular complexity index is 1440. The third-order valence-electron chi connectivity index (χ3n) is 8.95. The van der Waals surface area contributed by atoms with Crippen molar-refractivity contribution in [2.45, 2.75) is 63.2 Å². The van der Waals surface area contributed by atoms with E-state index in [0.29, 0.717) is 33.7 Å². The van der Waals surface area contributed by atoms with Crippen molar-refractivity contribution < 1.29 is 17.9 Å². The van der Waals surface area contributed by atoms with Gasteiger partial charge in [-0.25, -0.2) is 4.98 Å². The molecule has 8 nitrogen and oxygen atoms in total. The summed E-state index contributed by atoms with van der Waals surface area (Å²) in [6.45, 7) is 3.36. The van der Waals surface area contributed by atoms with Crippen LogP contribution < -0.4 is 5.32 Å². The van der Waals surface area contributed by atoms with Crippen LogP contribution in [0.25, 0.3) is 22.2 Å². The van der Waals surface area contributed by atoms with Crippen LogP contribution in [0.15, 0.2) is 30.3 Å². The lowest BCUT2D eigenvalue weighted by atomic mass is 9.64. The van der Waals surface area contributed by atoms with Crippen molar-refractivity contribution in [1.82, 2.24) is 25.4 Å². The number of aromatic nitrogens is 3. The highest BCUT2D eigenvalue weighted by molar-refractivity contribution is 5.96. The Morgan fingerprint density at radius 2 is 2.00 bits per heavy atom. The number of likely N-dealkylation sites (N-methyl/N-ethyl adjacent to an activating group) is 1. The molecule has 2 unspecified atom stereocenters. The lowest BCUT2D eigenvalue weighted by Crippen LogP contribution is -2.58. The third-order valence-corrected chi connectivity index (χ3v) is 8.95. The molecular weight excluding hydrogens is 519 g/mol. The highest BCUT2D eigenvalue weighted by Crippen LogP contribution is 2.48. The summed E-state index contributed by atoms with van der Waals surface area (Å²) in [6, 6.07) is 8.46. The van der Waals surface area contributed by atoms with Gasteiger partial charge in [-0.05, 0) is 56.2 Å². The van der Waals surface area contributed by atoms with Crippen LogP contribution >= 0.6 is 0 Å². The second kappa shape index (κ2) is 9.95. The van der Waals surface area contributed by atoms with Gasteiger partial charge in [0.15, 0.2) is 0 Å². The van der Waals surface area contributed by atoms with Gasteiger partial charge in [-0.3, -0.25) is 15.9 Å². The third kappa shape index (κ3) is 4.68. The molecule has 6 rings (SSSR count). The van der Waals surface area contributed by atoms with Crippen molar-refractivity contribution in [3.05, 3.63) is 47.3 Å². The molecule has 2 aliphatic carbocycles. The number of alkyl halides is 3. The van der Waals surface area contributed by atoms with E-state index in [1.54, 1.807) is 7.05 Å². The molecule has 2 saturated carbocycles. The van der Waals surface area contributed by atoms with E-state index in [-0.39, 0.29) is 23.3 Å². The zero-order valence-electron chi connectivity index (χ0n) is 22.6. The molecule has 1 aliphatic heterocycles. The van der Waals surface area contributed by atoms with Gasteiger partial charge in [0, 0.05) is 41.4 Å². The number of amidine groups is 1. The Morgan fingerprint density at radius 1 is 1.25 bits per heavy atom. The molecule has 40 heavy (non-hydrogen) atoms. The molecular formula is C29H34F3N7O. The van der Waals surface area contributed by atoms with E-state index in [0.717, 1.165) is 63.3 Å². The van der Waals surface area contributed by atoms with Crippen LogP contribution in [0.2, 0.25) is 0 Å². The molecule has 2 atom stereocenters. The standard InChI is InChI=1S/C29H34F3N7O/c1-16(35-20-11-28(12-20)13-40-14-28)24-26-21(10-22(36-24)29(30,31)32)25(37-38-26)19-8-4-7-18(9-19)23(17-5-3-6-17)27(34)39(2)15-33/h4,7-10,15-17,20,23,33-35H,3,5-6,11-14H2,1-2H3,(H,37,38). The highest BCUT2D eigenvalue weighted by atomic mass is 19.4. The Balaban J connectivity index is 1.36. The number of nitrogens with zero attached hydrogens (tertiary/aromatic N) is 3. The quantitative estimate of drug-likeness (QED) is 0.206. The Kier molecular flexibility index (Phi) is 6.69. The van der Waals surface area contributed by atoms with Crippen molar-refractivity contribution >= 4 is 23.1 Å². The Hall–Kier alpha value is -3.31. The summed E-state index contributed by atoms with van der Waals surface area (Å²) in [6.07, 6.45) is 1.52. The number of H-pyrrole nitrogens is 1. The van der Waals surface area contributed by atoms with Gasteiger partial charge in [-0.1, -0.05) is 24.6 Å². The molecule has 0 amide bonds. The van der Waals surface area contributed by atoms with Crippen LogP contribution in [0.4, 0.5) is 13.2 Å². The van der Waals surface area contributed by atoms with E-state index in [2.05, 4.69) is 20.5 Å². The van der Waals surface area contributed by atoms with Crippen molar-refractivity contribution in [3.8, 4) is 11.3 Å². The van der Waals surface area contributed by atoms with E-state index >= 15 is 0 Å². The minimum Gasteiger partial charge on any atom is -0.380 e. The molecule has 2 aromatic heterocycles. The average molecular weight is 554 g/mol. The molecule has 0 bridgehead atoms. The average Bonchev–Trinajstić information content (AvgIpc) is 3.29. The van der Waals surface area contributed by atoms with E-state index in [1.807, 2.05) is 31.2 Å². The number of ether oxygens (including phenoxy) is 1. The SMILES string of the molecule is CC(NC1CC2(COC2)C1)c1nc(C(F)(F)F)cc2c(-c3cccc(C(C(=N)N(C)C=N)C4CCC4)c3)n[nH]c12. The number of aromatic amines is 1. The molecule has 0 radical (unpaired) electrons. The fraction of sp³-hybridized carbons (Fsp3) is 0.517. The normalized spacial score (nSPS) is 20.4. The van der Waals surface area contributed by atoms with Crippen molar-refractivity contribution in [3.63, 3.8) is 0 Å². The summed E-state index contributed by atoms with van der Waals surface area (Å²) in [5.41, 5.74) is 2.08. The molecule has 3 heterocycles. The second-order valence-electron chi connectivity index (χ2n) is 11.8. The van der Waals surface area contributed by atoms with Gasteiger partial charge in [-0.2, -0.15) is 18.3 Å². The molecule has 3 fully saturated rings. The monoisotopic (exact) mass is 553 g/mol. The van der Waals surface area contributed by atoms with Gasteiger partial charge >= 0.3 is 6.18 Å². The number of benzene rings is 1. The molecule has 1 aromatic carbocycles. The highest BCUT2D eigenvalue weighted by Gasteiger charge is 2.50. The van der Waals surface area contributed by atoms with Gasteiger partial charge in [0.1, 0.15) is 17.2 Å². The van der Waals surface area contributed by atoms with Crippen LogP contribution in [0.5, 0.6) is 0 Å². The van der Waals surface area contributed by atoms with Crippen molar-refractivity contribution in [2.75, 3.05) is 20.3 Å². The van der Waals surface area contributed by atoms with E-state index < -0.39 is 17.9 Å². The second-order valence-corrected chi connectivity index (χ2v) is 11.8. The number of fused-ring (bicyclic) bond motifs is 1. The van der Waals surface area contributed by atoms with Crippen molar-refractivity contribution in [2.24, 2.45) is 11.3 Å². The van der Waals surface area contributed by atoms with Gasteiger partial charge in [0.05, 0.1) is 30.8 Å². The van der Waals surface area contributed by atoms with Crippen LogP contribution in [0.3, 0.4) is 0 Å². The first-order valence-electron chi connectivity index (χ1n) is 13.8.